The minimum Gasteiger partial charge on any atom is -0.365 e. The molecule has 0 saturated carbocycles. The third-order valence-corrected chi connectivity index (χ3v) is 8.57. The Hall–Kier alpha value is -3.21. The zero-order valence-corrected chi connectivity index (χ0v) is 23.6. The second-order valence-corrected chi connectivity index (χ2v) is 11.5. The Kier molecular flexibility index (Phi) is 7.67. The van der Waals surface area contributed by atoms with Crippen LogP contribution in [-0.4, -0.2) is 87.5 Å². The third kappa shape index (κ3) is 5.46. The number of imidazole rings is 1. The first-order chi connectivity index (χ1) is 19.1. The predicted molar refractivity (Wildman–Crippen MR) is 160 cm³/mol. The highest BCUT2D eigenvalue weighted by Crippen LogP contribution is 2.33. The molecular weight excluding hydrogens is 555 g/mol. The van der Waals surface area contributed by atoms with Crippen LogP contribution in [0.15, 0.2) is 55.1 Å². The predicted octanol–water partition coefficient (Wildman–Crippen LogP) is 4.41. The maximum Gasteiger partial charge on any atom is 0.242 e. The zero-order chi connectivity index (χ0) is 26.8. The maximum atomic E-state index is 13.2. The van der Waals surface area contributed by atoms with E-state index in [9.17, 15) is 4.79 Å². The number of nitrogens with zero attached hydrogens (tertiary/aromatic N) is 7. The van der Waals surface area contributed by atoms with E-state index in [0.29, 0.717) is 36.2 Å². The standard InChI is InChI=1S/C27H28Cl2N8OS/c28-20-16-30-17-21(29)26(20)36-9-7-35(8-10-36)24(38)18-32-27-25(33-23-3-1-2-6-37(23)27)19-4-5-22(31-15-19)34-11-13-39-14-12-34/h1-6,15-17,32H,7-14,18H2. The Bertz CT molecular complexity index is 1450. The fourth-order valence-electron chi connectivity index (χ4n) is 5.03. The number of carbonyl (C=O) groups is 1. The lowest BCUT2D eigenvalue weighted by atomic mass is 10.2. The highest BCUT2D eigenvalue weighted by molar-refractivity contribution is 7.99. The van der Waals surface area contributed by atoms with Crippen molar-refractivity contribution in [2.24, 2.45) is 0 Å². The monoisotopic (exact) mass is 582 g/mol. The molecule has 4 aromatic rings. The van der Waals surface area contributed by atoms with Gasteiger partial charge >= 0.3 is 0 Å². The largest absolute Gasteiger partial charge is 0.365 e. The smallest absolute Gasteiger partial charge is 0.242 e. The number of pyridine rings is 3. The van der Waals surface area contributed by atoms with Gasteiger partial charge in [-0.05, 0) is 24.3 Å². The van der Waals surface area contributed by atoms with Gasteiger partial charge in [0.15, 0.2) is 0 Å². The van der Waals surface area contributed by atoms with Crippen molar-refractivity contribution < 1.29 is 4.79 Å². The molecule has 0 radical (unpaired) electrons. The van der Waals surface area contributed by atoms with Crippen LogP contribution in [0.4, 0.5) is 17.3 Å². The number of carbonyl (C=O) groups excluding carboxylic acids is 1. The number of nitrogens with one attached hydrogen (secondary N) is 1. The number of amides is 1. The Morgan fingerprint density at radius 1 is 0.923 bits per heavy atom. The van der Waals surface area contributed by atoms with Gasteiger partial charge in [0.2, 0.25) is 5.91 Å². The van der Waals surface area contributed by atoms with E-state index < -0.39 is 0 Å². The molecule has 12 heteroatoms. The van der Waals surface area contributed by atoms with Gasteiger partial charge in [-0.15, -0.1) is 0 Å². The van der Waals surface area contributed by atoms with Crippen molar-refractivity contribution in [2.45, 2.75) is 0 Å². The number of halogens is 2. The van der Waals surface area contributed by atoms with E-state index in [1.165, 1.54) is 0 Å². The number of aromatic nitrogens is 4. The summed E-state index contributed by atoms with van der Waals surface area (Å²) in [6.45, 7) is 4.62. The zero-order valence-electron chi connectivity index (χ0n) is 21.3. The molecule has 0 aromatic carbocycles. The summed E-state index contributed by atoms with van der Waals surface area (Å²) in [5, 5.41) is 4.41. The molecule has 1 N–H and O–H groups in total. The molecule has 202 valence electrons. The Morgan fingerprint density at radius 2 is 1.69 bits per heavy atom. The van der Waals surface area contributed by atoms with Crippen LogP contribution in [-0.2, 0) is 4.79 Å². The molecule has 2 aliphatic rings. The summed E-state index contributed by atoms with van der Waals surface area (Å²) in [4.78, 5) is 33.1. The van der Waals surface area contributed by atoms with Gasteiger partial charge in [0.25, 0.3) is 0 Å². The van der Waals surface area contributed by atoms with Crippen molar-refractivity contribution in [3.05, 3.63) is 65.2 Å². The lowest BCUT2D eigenvalue weighted by Crippen LogP contribution is -2.50. The average molecular weight is 584 g/mol. The van der Waals surface area contributed by atoms with Crippen LogP contribution in [0, 0.1) is 0 Å². The molecule has 6 rings (SSSR count). The molecule has 0 bridgehead atoms. The van der Waals surface area contributed by atoms with Crippen LogP contribution >= 0.6 is 35.0 Å². The summed E-state index contributed by atoms with van der Waals surface area (Å²) >= 11 is 14.6. The van der Waals surface area contributed by atoms with E-state index in [-0.39, 0.29) is 12.5 Å². The van der Waals surface area contributed by atoms with Crippen LogP contribution in [0.1, 0.15) is 0 Å². The SMILES string of the molecule is O=C(CNc1c(-c2ccc(N3CCSCC3)nc2)nc2ccccn12)N1CCN(c2c(Cl)cncc2Cl)CC1. The van der Waals surface area contributed by atoms with Gasteiger partial charge in [-0.2, -0.15) is 11.8 Å². The lowest BCUT2D eigenvalue weighted by Gasteiger charge is -2.36. The fraction of sp³-hybridized carbons (Fsp3) is 0.333. The van der Waals surface area contributed by atoms with Gasteiger partial charge in [-0.25, -0.2) is 9.97 Å². The molecule has 0 spiro atoms. The molecule has 9 nitrogen and oxygen atoms in total. The number of anilines is 3. The Morgan fingerprint density at radius 3 is 2.41 bits per heavy atom. The molecule has 2 fully saturated rings. The highest BCUT2D eigenvalue weighted by atomic mass is 35.5. The molecule has 6 heterocycles. The first-order valence-electron chi connectivity index (χ1n) is 12.9. The first kappa shape index (κ1) is 26.0. The van der Waals surface area contributed by atoms with Crippen LogP contribution in [0.3, 0.4) is 0 Å². The number of rotatable bonds is 6. The average Bonchev–Trinajstić information content (AvgIpc) is 3.35. The van der Waals surface area contributed by atoms with E-state index in [2.05, 4.69) is 32.2 Å². The Balaban J connectivity index is 1.15. The number of thioether (sulfide) groups is 1. The molecule has 1 amide bonds. The van der Waals surface area contributed by atoms with E-state index in [1.807, 2.05) is 51.7 Å². The number of hydrogen-bond donors (Lipinski definition) is 1. The molecule has 4 aromatic heterocycles. The van der Waals surface area contributed by atoms with Gasteiger partial charge in [-0.3, -0.25) is 14.2 Å². The minimum absolute atomic E-state index is 0.0230. The summed E-state index contributed by atoms with van der Waals surface area (Å²) < 4.78 is 1.98. The normalized spacial score (nSPS) is 16.1. The van der Waals surface area contributed by atoms with Gasteiger partial charge in [0, 0.05) is 81.1 Å². The van der Waals surface area contributed by atoms with Crippen LogP contribution in [0.5, 0.6) is 0 Å². The summed E-state index contributed by atoms with van der Waals surface area (Å²) in [5.74, 6) is 4.03. The van der Waals surface area contributed by atoms with Crippen molar-refractivity contribution in [3.8, 4) is 11.3 Å². The first-order valence-corrected chi connectivity index (χ1v) is 14.8. The van der Waals surface area contributed by atoms with Gasteiger partial charge < -0.3 is 20.0 Å². The summed E-state index contributed by atoms with van der Waals surface area (Å²) in [5.41, 5.74) is 3.25. The summed E-state index contributed by atoms with van der Waals surface area (Å²) in [7, 11) is 0. The summed E-state index contributed by atoms with van der Waals surface area (Å²) in [6.07, 6.45) is 7.01. The van der Waals surface area contributed by atoms with E-state index in [4.69, 9.17) is 33.2 Å². The minimum atomic E-state index is 0.0230. The van der Waals surface area contributed by atoms with Crippen molar-refractivity contribution in [1.29, 1.82) is 0 Å². The van der Waals surface area contributed by atoms with Crippen molar-refractivity contribution >= 4 is 63.8 Å². The summed E-state index contributed by atoms with van der Waals surface area (Å²) in [6, 6.07) is 9.99. The molecular formula is C27H28Cl2N8OS. The molecule has 0 aliphatic carbocycles. The fourth-order valence-corrected chi connectivity index (χ4v) is 6.54. The Labute approximate surface area is 241 Å². The van der Waals surface area contributed by atoms with Gasteiger partial charge in [0.1, 0.15) is 23.0 Å². The van der Waals surface area contributed by atoms with Crippen LogP contribution in [0.25, 0.3) is 16.9 Å². The number of hydrogen-bond acceptors (Lipinski definition) is 8. The van der Waals surface area contributed by atoms with Gasteiger partial charge in [-0.1, -0.05) is 29.3 Å². The van der Waals surface area contributed by atoms with E-state index in [1.54, 1.807) is 12.4 Å². The van der Waals surface area contributed by atoms with E-state index in [0.717, 1.165) is 58.8 Å². The number of fused-ring (bicyclic) bond motifs is 1. The second-order valence-electron chi connectivity index (χ2n) is 9.42. The van der Waals surface area contributed by atoms with Crippen molar-refractivity contribution in [1.82, 2.24) is 24.3 Å². The van der Waals surface area contributed by atoms with Gasteiger partial charge in [0.05, 0.1) is 22.3 Å². The molecule has 2 saturated heterocycles. The van der Waals surface area contributed by atoms with Crippen LogP contribution in [0.2, 0.25) is 10.0 Å². The quantitative estimate of drug-likeness (QED) is 0.358. The second kappa shape index (κ2) is 11.5. The molecule has 0 unspecified atom stereocenters. The van der Waals surface area contributed by atoms with Crippen molar-refractivity contribution in [2.75, 3.05) is 72.4 Å². The van der Waals surface area contributed by atoms with E-state index >= 15 is 0 Å². The van der Waals surface area contributed by atoms with Crippen molar-refractivity contribution in [3.63, 3.8) is 0 Å². The topological polar surface area (TPSA) is 81.9 Å². The maximum absolute atomic E-state index is 13.2. The molecule has 0 atom stereocenters. The highest BCUT2D eigenvalue weighted by Gasteiger charge is 2.25. The lowest BCUT2D eigenvalue weighted by molar-refractivity contribution is -0.129. The van der Waals surface area contributed by atoms with Crippen LogP contribution < -0.4 is 15.1 Å². The third-order valence-electron chi connectivity index (χ3n) is 7.07. The molecule has 2 aliphatic heterocycles. The molecule has 39 heavy (non-hydrogen) atoms. The number of piperazine rings is 1.